The number of carbonyl (C=O) groups is 2. The molecule has 1 aromatic carbocycles. The SMILES string of the molecule is CCCCc1ccc(NC(=O)C(=O)N2CC3(C)CC2CC(C)(C)C3)cc1. The Morgan fingerprint density at radius 3 is 2.50 bits per heavy atom. The largest absolute Gasteiger partial charge is 0.331 e. The van der Waals surface area contributed by atoms with Crippen molar-refractivity contribution in [2.75, 3.05) is 11.9 Å². The Hall–Kier alpha value is -1.84. The van der Waals surface area contributed by atoms with Gasteiger partial charge in [0.2, 0.25) is 0 Å². The van der Waals surface area contributed by atoms with Gasteiger partial charge in [0.15, 0.2) is 0 Å². The van der Waals surface area contributed by atoms with Gasteiger partial charge >= 0.3 is 11.8 Å². The first kappa shape index (κ1) is 18.9. The third-order valence-electron chi connectivity index (χ3n) is 5.90. The molecule has 1 heterocycles. The summed E-state index contributed by atoms with van der Waals surface area (Å²) in [6.45, 7) is 9.66. The topological polar surface area (TPSA) is 49.4 Å². The van der Waals surface area contributed by atoms with Crippen molar-refractivity contribution in [2.24, 2.45) is 10.8 Å². The molecule has 4 heteroatoms. The van der Waals surface area contributed by atoms with Crippen molar-refractivity contribution in [1.29, 1.82) is 0 Å². The van der Waals surface area contributed by atoms with E-state index in [0.717, 1.165) is 32.1 Å². The summed E-state index contributed by atoms with van der Waals surface area (Å²) in [6, 6.07) is 8.04. The highest BCUT2D eigenvalue weighted by molar-refractivity contribution is 6.39. The Balaban J connectivity index is 1.62. The molecule has 4 nitrogen and oxygen atoms in total. The lowest BCUT2D eigenvalue weighted by Crippen LogP contribution is -2.43. The van der Waals surface area contributed by atoms with E-state index in [2.05, 4.69) is 33.0 Å². The fourth-order valence-corrected chi connectivity index (χ4v) is 5.15. The van der Waals surface area contributed by atoms with Crippen molar-refractivity contribution in [3.8, 4) is 0 Å². The maximum Gasteiger partial charge on any atom is 0.313 e. The van der Waals surface area contributed by atoms with E-state index in [4.69, 9.17) is 0 Å². The Kier molecular flexibility index (Phi) is 5.14. The van der Waals surface area contributed by atoms with Gasteiger partial charge < -0.3 is 10.2 Å². The quantitative estimate of drug-likeness (QED) is 0.813. The molecule has 2 atom stereocenters. The van der Waals surface area contributed by atoms with Crippen LogP contribution in [0.1, 0.15) is 65.4 Å². The number of hydrogen-bond acceptors (Lipinski definition) is 2. The predicted molar refractivity (Wildman–Crippen MR) is 105 cm³/mol. The maximum atomic E-state index is 12.8. The van der Waals surface area contributed by atoms with Crippen LogP contribution in [0.5, 0.6) is 0 Å². The number of nitrogens with zero attached hydrogens (tertiary/aromatic N) is 1. The third-order valence-corrected chi connectivity index (χ3v) is 5.90. The molecule has 1 N–H and O–H groups in total. The fraction of sp³-hybridized carbons (Fsp3) is 0.636. The Morgan fingerprint density at radius 1 is 1.15 bits per heavy atom. The van der Waals surface area contributed by atoms with Crippen LogP contribution >= 0.6 is 0 Å². The minimum absolute atomic E-state index is 0.142. The van der Waals surface area contributed by atoms with Crippen LogP contribution in [0.3, 0.4) is 0 Å². The molecule has 26 heavy (non-hydrogen) atoms. The van der Waals surface area contributed by atoms with Gasteiger partial charge in [-0.3, -0.25) is 9.59 Å². The van der Waals surface area contributed by atoms with Crippen molar-refractivity contribution in [3.05, 3.63) is 29.8 Å². The zero-order chi connectivity index (χ0) is 18.9. The van der Waals surface area contributed by atoms with Crippen molar-refractivity contribution in [2.45, 2.75) is 72.3 Å². The second-order valence-corrected chi connectivity index (χ2v) is 9.40. The van der Waals surface area contributed by atoms with E-state index in [0.29, 0.717) is 12.2 Å². The molecule has 2 fully saturated rings. The lowest BCUT2D eigenvalue weighted by Gasteiger charge is -2.39. The molecule has 1 saturated carbocycles. The van der Waals surface area contributed by atoms with E-state index >= 15 is 0 Å². The number of amides is 2. The number of nitrogens with one attached hydrogen (secondary N) is 1. The van der Waals surface area contributed by atoms with Gasteiger partial charge in [-0.15, -0.1) is 0 Å². The van der Waals surface area contributed by atoms with E-state index in [-0.39, 0.29) is 22.8 Å². The number of benzene rings is 1. The third kappa shape index (κ3) is 4.11. The van der Waals surface area contributed by atoms with E-state index < -0.39 is 5.91 Å². The molecule has 0 radical (unpaired) electrons. The fourth-order valence-electron chi connectivity index (χ4n) is 5.15. The van der Waals surface area contributed by atoms with Crippen LogP contribution in [0, 0.1) is 10.8 Å². The molecule has 1 aromatic rings. The number of likely N-dealkylation sites (tertiary alicyclic amines) is 1. The number of carbonyl (C=O) groups excluding carboxylic acids is 2. The molecular formula is C22H32N2O2. The van der Waals surface area contributed by atoms with Gasteiger partial charge in [0.1, 0.15) is 0 Å². The molecule has 2 amide bonds. The van der Waals surface area contributed by atoms with Crippen molar-refractivity contribution >= 4 is 17.5 Å². The summed E-state index contributed by atoms with van der Waals surface area (Å²) >= 11 is 0. The molecule has 0 spiro atoms. The van der Waals surface area contributed by atoms with Gasteiger partial charge in [-0.1, -0.05) is 46.2 Å². The normalized spacial score (nSPS) is 26.6. The summed E-state index contributed by atoms with van der Waals surface area (Å²) in [4.78, 5) is 27.1. The highest BCUT2D eigenvalue weighted by atomic mass is 16.2. The summed E-state index contributed by atoms with van der Waals surface area (Å²) in [5.74, 6) is -0.897. The van der Waals surface area contributed by atoms with E-state index in [1.807, 2.05) is 29.2 Å². The zero-order valence-electron chi connectivity index (χ0n) is 16.6. The van der Waals surface area contributed by atoms with Crippen LogP contribution in [-0.2, 0) is 16.0 Å². The summed E-state index contributed by atoms with van der Waals surface area (Å²) in [6.07, 6.45) is 6.49. The van der Waals surface area contributed by atoms with Crippen LogP contribution in [0.4, 0.5) is 5.69 Å². The standard InChI is InChI=1S/C22H32N2O2/c1-5-6-7-16-8-10-17(11-9-16)23-19(25)20(26)24-15-22(4)13-18(24)12-21(2,3)14-22/h8-11,18H,5-7,12-15H2,1-4H3,(H,23,25). The van der Waals surface area contributed by atoms with Crippen molar-refractivity contribution in [3.63, 3.8) is 0 Å². The summed E-state index contributed by atoms with van der Waals surface area (Å²) in [5, 5.41) is 2.78. The maximum absolute atomic E-state index is 12.8. The second kappa shape index (κ2) is 7.05. The van der Waals surface area contributed by atoms with Gasteiger partial charge in [0.05, 0.1) is 0 Å². The first-order valence-corrected chi connectivity index (χ1v) is 9.92. The van der Waals surface area contributed by atoms with Crippen LogP contribution in [0.2, 0.25) is 0 Å². The van der Waals surface area contributed by atoms with Crippen LogP contribution in [-0.4, -0.2) is 29.3 Å². The molecule has 1 saturated heterocycles. The molecule has 1 aliphatic carbocycles. The Morgan fingerprint density at radius 2 is 1.85 bits per heavy atom. The second-order valence-electron chi connectivity index (χ2n) is 9.40. The van der Waals surface area contributed by atoms with Gasteiger partial charge in [0.25, 0.3) is 0 Å². The molecule has 142 valence electrons. The first-order valence-electron chi connectivity index (χ1n) is 9.92. The van der Waals surface area contributed by atoms with Crippen LogP contribution < -0.4 is 5.32 Å². The molecule has 3 rings (SSSR count). The van der Waals surface area contributed by atoms with E-state index in [1.165, 1.54) is 12.0 Å². The summed E-state index contributed by atoms with van der Waals surface area (Å²) < 4.78 is 0. The van der Waals surface area contributed by atoms with Crippen molar-refractivity contribution in [1.82, 2.24) is 4.90 Å². The van der Waals surface area contributed by atoms with Gasteiger partial charge in [0, 0.05) is 18.3 Å². The molecular weight excluding hydrogens is 324 g/mol. The Bertz CT molecular complexity index is 680. The van der Waals surface area contributed by atoms with Crippen LogP contribution in [0.15, 0.2) is 24.3 Å². The first-order chi connectivity index (χ1) is 12.2. The minimum Gasteiger partial charge on any atom is -0.331 e. The van der Waals surface area contributed by atoms with Crippen LogP contribution in [0.25, 0.3) is 0 Å². The average Bonchev–Trinajstić information content (AvgIpc) is 2.82. The summed E-state index contributed by atoms with van der Waals surface area (Å²) in [5.41, 5.74) is 2.33. The molecule has 2 unspecified atom stereocenters. The monoisotopic (exact) mass is 356 g/mol. The average molecular weight is 357 g/mol. The summed E-state index contributed by atoms with van der Waals surface area (Å²) in [7, 11) is 0. The number of anilines is 1. The number of aryl methyl sites for hydroxylation is 1. The lowest BCUT2D eigenvalue weighted by atomic mass is 9.65. The highest BCUT2D eigenvalue weighted by Crippen LogP contribution is 2.52. The minimum atomic E-state index is -0.514. The molecule has 2 bridgehead atoms. The molecule has 0 aromatic heterocycles. The number of rotatable bonds is 4. The zero-order valence-corrected chi connectivity index (χ0v) is 16.6. The Labute approximate surface area is 157 Å². The smallest absolute Gasteiger partial charge is 0.313 e. The van der Waals surface area contributed by atoms with Gasteiger partial charge in [-0.25, -0.2) is 0 Å². The predicted octanol–water partition coefficient (Wildman–Crippen LogP) is 4.39. The number of unbranched alkanes of at least 4 members (excludes halogenated alkanes) is 1. The number of hydrogen-bond donors (Lipinski definition) is 1. The molecule has 2 aliphatic rings. The number of fused-ring (bicyclic) bond motifs is 2. The van der Waals surface area contributed by atoms with E-state index in [1.54, 1.807) is 0 Å². The van der Waals surface area contributed by atoms with Gasteiger partial charge in [-0.05, 0) is 60.6 Å². The van der Waals surface area contributed by atoms with Crippen molar-refractivity contribution < 1.29 is 9.59 Å². The lowest BCUT2D eigenvalue weighted by molar-refractivity contribution is -0.144. The van der Waals surface area contributed by atoms with E-state index in [9.17, 15) is 9.59 Å². The van der Waals surface area contributed by atoms with Gasteiger partial charge in [-0.2, -0.15) is 0 Å². The highest BCUT2D eigenvalue weighted by Gasteiger charge is 2.51. The molecule has 1 aliphatic heterocycles.